The standard InChI is InChI=1S/C25H25FN2O4/c1-14-9-16-15(7-5-6-8-29)17-12-28-22(23(17)27-21(16)11-20(14)26)10-19(25(2,3)31)18(13-32-4)24(28)30/h9-11,29,31H,6,8,12-13H2,1-4H3. The molecule has 0 amide bonds. The molecule has 3 heterocycles. The van der Waals surface area contributed by atoms with Crippen LogP contribution in [0.25, 0.3) is 22.3 Å². The third-order valence-corrected chi connectivity index (χ3v) is 5.72. The van der Waals surface area contributed by atoms with Crippen molar-refractivity contribution in [3.05, 3.63) is 62.2 Å². The number of halogens is 1. The van der Waals surface area contributed by atoms with Gasteiger partial charge in [0, 0.05) is 41.7 Å². The van der Waals surface area contributed by atoms with Crippen LogP contribution in [-0.4, -0.2) is 33.5 Å². The second kappa shape index (κ2) is 8.14. The van der Waals surface area contributed by atoms with Gasteiger partial charge in [-0.05, 0) is 44.0 Å². The highest BCUT2D eigenvalue weighted by Gasteiger charge is 2.31. The summed E-state index contributed by atoms with van der Waals surface area (Å²) < 4.78 is 21.2. The molecule has 3 aromatic rings. The predicted octanol–water partition coefficient (Wildman–Crippen LogP) is 2.98. The number of nitrogens with zero attached hydrogens (tertiary/aromatic N) is 2. The van der Waals surface area contributed by atoms with Gasteiger partial charge in [0.25, 0.3) is 5.56 Å². The van der Waals surface area contributed by atoms with Crippen LogP contribution in [0.15, 0.2) is 23.0 Å². The third-order valence-electron chi connectivity index (χ3n) is 5.72. The van der Waals surface area contributed by atoms with Gasteiger partial charge in [-0.15, -0.1) is 0 Å². The number of methoxy groups -OCH3 is 1. The van der Waals surface area contributed by atoms with Crippen LogP contribution < -0.4 is 5.56 Å². The summed E-state index contributed by atoms with van der Waals surface area (Å²) in [6.07, 6.45) is 0.298. The Labute approximate surface area is 185 Å². The molecule has 0 bridgehead atoms. The molecule has 6 nitrogen and oxygen atoms in total. The summed E-state index contributed by atoms with van der Waals surface area (Å²) in [5.41, 5.74) is 2.76. The lowest BCUT2D eigenvalue weighted by atomic mass is 9.93. The van der Waals surface area contributed by atoms with Gasteiger partial charge in [-0.2, -0.15) is 0 Å². The van der Waals surface area contributed by atoms with Crippen molar-refractivity contribution < 1.29 is 19.3 Å². The molecule has 0 aliphatic carbocycles. The second-order valence-corrected chi connectivity index (χ2v) is 8.51. The smallest absolute Gasteiger partial charge is 0.257 e. The van der Waals surface area contributed by atoms with Gasteiger partial charge in [0.1, 0.15) is 5.82 Å². The minimum absolute atomic E-state index is 0.0672. The summed E-state index contributed by atoms with van der Waals surface area (Å²) in [6.45, 7) is 5.17. The Morgan fingerprint density at radius 3 is 2.72 bits per heavy atom. The summed E-state index contributed by atoms with van der Waals surface area (Å²) in [5, 5.41) is 20.6. The first-order valence-electron chi connectivity index (χ1n) is 10.4. The molecule has 7 heteroatoms. The van der Waals surface area contributed by atoms with Crippen LogP contribution >= 0.6 is 0 Å². The zero-order valence-electron chi connectivity index (χ0n) is 18.5. The average molecular weight is 436 g/mol. The lowest BCUT2D eigenvalue weighted by Crippen LogP contribution is -2.30. The van der Waals surface area contributed by atoms with Crippen molar-refractivity contribution in [2.75, 3.05) is 13.7 Å². The van der Waals surface area contributed by atoms with Crippen molar-refractivity contribution >= 4 is 10.9 Å². The van der Waals surface area contributed by atoms with E-state index >= 15 is 0 Å². The zero-order valence-corrected chi connectivity index (χ0v) is 18.5. The third kappa shape index (κ3) is 3.61. The fourth-order valence-corrected chi connectivity index (χ4v) is 4.18. The zero-order chi connectivity index (χ0) is 23.2. The van der Waals surface area contributed by atoms with Crippen LogP contribution in [0.4, 0.5) is 4.39 Å². The molecule has 0 radical (unpaired) electrons. The number of ether oxygens (including phenoxy) is 1. The van der Waals surface area contributed by atoms with E-state index in [0.717, 1.165) is 5.56 Å². The lowest BCUT2D eigenvalue weighted by molar-refractivity contribution is 0.0742. The largest absolute Gasteiger partial charge is 0.395 e. The number of pyridine rings is 2. The Bertz CT molecular complexity index is 1360. The molecule has 2 N–H and O–H groups in total. The van der Waals surface area contributed by atoms with E-state index in [4.69, 9.17) is 14.8 Å². The van der Waals surface area contributed by atoms with Gasteiger partial charge in [0.05, 0.1) is 42.3 Å². The fourth-order valence-electron chi connectivity index (χ4n) is 4.18. The van der Waals surface area contributed by atoms with Crippen molar-refractivity contribution in [2.45, 2.75) is 45.9 Å². The molecule has 0 spiro atoms. The maximum Gasteiger partial charge on any atom is 0.257 e. The van der Waals surface area contributed by atoms with Gasteiger partial charge in [-0.1, -0.05) is 11.8 Å². The number of aliphatic hydroxyl groups is 2. The van der Waals surface area contributed by atoms with E-state index in [1.807, 2.05) is 0 Å². The number of hydrogen-bond acceptors (Lipinski definition) is 5. The monoisotopic (exact) mass is 436 g/mol. The molecule has 0 fully saturated rings. The molecule has 0 saturated carbocycles. The minimum atomic E-state index is -1.27. The maximum absolute atomic E-state index is 14.3. The van der Waals surface area contributed by atoms with Crippen LogP contribution in [0.1, 0.15) is 48.1 Å². The van der Waals surface area contributed by atoms with Gasteiger partial charge in [0.15, 0.2) is 0 Å². The molecule has 0 unspecified atom stereocenters. The average Bonchev–Trinajstić information content (AvgIpc) is 3.09. The van der Waals surface area contributed by atoms with Crippen LogP contribution in [0, 0.1) is 24.6 Å². The topological polar surface area (TPSA) is 84.6 Å². The fraction of sp³-hybridized carbons (Fsp3) is 0.360. The Morgan fingerprint density at radius 2 is 2.06 bits per heavy atom. The van der Waals surface area contributed by atoms with Crippen LogP contribution in [-0.2, 0) is 23.5 Å². The normalized spacial score (nSPS) is 12.5. The molecule has 0 saturated heterocycles. The Morgan fingerprint density at radius 1 is 1.31 bits per heavy atom. The number of aromatic nitrogens is 2. The number of rotatable bonds is 4. The molecule has 0 atom stereocenters. The van der Waals surface area contributed by atoms with Gasteiger partial charge < -0.3 is 19.5 Å². The quantitative estimate of drug-likeness (QED) is 0.481. The van der Waals surface area contributed by atoms with Crippen molar-refractivity contribution in [1.29, 1.82) is 0 Å². The van der Waals surface area contributed by atoms with Crippen LogP contribution in [0.2, 0.25) is 0 Å². The molecule has 4 rings (SSSR count). The minimum Gasteiger partial charge on any atom is -0.395 e. The van der Waals surface area contributed by atoms with Crippen molar-refractivity contribution in [1.82, 2.24) is 9.55 Å². The van der Waals surface area contributed by atoms with E-state index in [2.05, 4.69) is 11.8 Å². The van der Waals surface area contributed by atoms with Crippen molar-refractivity contribution in [3.8, 4) is 23.2 Å². The van der Waals surface area contributed by atoms with Crippen molar-refractivity contribution in [2.24, 2.45) is 0 Å². The summed E-state index contributed by atoms with van der Waals surface area (Å²) in [7, 11) is 1.50. The van der Waals surface area contributed by atoms with E-state index in [9.17, 15) is 14.3 Å². The highest BCUT2D eigenvalue weighted by molar-refractivity contribution is 5.91. The van der Waals surface area contributed by atoms with E-state index in [0.29, 0.717) is 51.0 Å². The van der Waals surface area contributed by atoms with Gasteiger partial charge in [-0.25, -0.2) is 9.37 Å². The number of benzene rings is 1. The van der Waals surface area contributed by atoms with Gasteiger partial charge in [0.2, 0.25) is 0 Å². The first-order chi connectivity index (χ1) is 15.2. The maximum atomic E-state index is 14.3. The predicted molar refractivity (Wildman–Crippen MR) is 120 cm³/mol. The van der Waals surface area contributed by atoms with Crippen molar-refractivity contribution in [3.63, 3.8) is 0 Å². The molecule has 2 aromatic heterocycles. The van der Waals surface area contributed by atoms with Gasteiger partial charge in [-0.3, -0.25) is 4.79 Å². The number of aliphatic hydroxyl groups excluding tert-OH is 1. The summed E-state index contributed by atoms with van der Waals surface area (Å²) in [6, 6.07) is 4.85. The highest BCUT2D eigenvalue weighted by Crippen LogP contribution is 2.37. The highest BCUT2D eigenvalue weighted by atomic mass is 19.1. The molecule has 1 aliphatic heterocycles. The molecular formula is C25H25FN2O4. The molecule has 1 aromatic carbocycles. The molecule has 166 valence electrons. The number of hydrogen-bond donors (Lipinski definition) is 2. The van der Waals surface area contributed by atoms with Crippen LogP contribution in [0.3, 0.4) is 0 Å². The SMILES string of the molecule is COCc1c(C(C)(C)O)cc2n(c1=O)Cc1c-2nc2cc(F)c(C)cc2c1C#CCCO. The van der Waals surface area contributed by atoms with E-state index < -0.39 is 5.60 Å². The van der Waals surface area contributed by atoms with Crippen LogP contribution in [0.5, 0.6) is 0 Å². The second-order valence-electron chi connectivity index (χ2n) is 8.51. The summed E-state index contributed by atoms with van der Waals surface area (Å²) in [4.78, 5) is 18.1. The van der Waals surface area contributed by atoms with E-state index in [-0.39, 0.29) is 31.1 Å². The lowest BCUT2D eigenvalue weighted by Gasteiger charge is -2.22. The Hall–Kier alpha value is -3.05. The Kier molecular flexibility index (Phi) is 5.63. The number of fused-ring (bicyclic) bond motifs is 4. The van der Waals surface area contributed by atoms with E-state index in [1.54, 1.807) is 37.5 Å². The molecule has 32 heavy (non-hydrogen) atoms. The van der Waals surface area contributed by atoms with Gasteiger partial charge >= 0.3 is 0 Å². The summed E-state index contributed by atoms with van der Waals surface area (Å²) in [5.74, 6) is 5.69. The number of aryl methyl sites for hydroxylation is 1. The Balaban J connectivity index is 2.07. The molecule has 1 aliphatic rings. The van der Waals surface area contributed by atoms with E-state index in [1.165, 1.54) is 13.2 Å². The first kappa shape index (κ1) is 22.2. The summed E-state index contributed by atoms with van der Waals surface area (Å²) >= 11 is 0. The molecular weight excluding hydrogens is 411 g/mol. The first-order valence-corrected chi connectivity index (χ1v) is 10.4.